The maximum Gasteiger partial charge on any atom is 0.349 e. The van der Waals surface area contributed by atoms with Crippen LogP contribution in [-0.4, -0.2) is 32.3 Å². The van der Waals surface area contributed by atoms with Crippen molar-refractivity contribution in [3.63, 3.8) is 0 Å². The maximum atomic E-state index is 12.7. The number of rotatable bonds is 7. The van der Waals surface area contributed by atoms with E-state index in [1.807, 2.05) is 0 Å². The number of aromatic hydroxyl groups is 1. The van der Waals surface area contributed by atoms with E-state index < -0.39 is 17.2 Å². The zero-order valence-electron chi connectivity index (χ0n) is 18.6. The van der Waals surface area contributed by atoms with Gasteiger partial charge in [-0.3, -0.25) is 14.6 Å². The molecule has 1 amide bonds. The van der Waals surface area contributed by atoms with Crippen LogP contribution in [0.25, 0.3) is 5.69 Å². The van der Waals surface area contributed by atoms with Gasteiger partial charge in [-0.1, -0.05) is 52.5 Å². The highest BCUT2D eigenvalue weighted by molar-refractivity contribution is 6.37. The number of nitrogens with zero attached hydrogens (tertiary/aromatic N) is 2. The molecule has 9 nitrogen and oxygen atoms in total. The summed E-state index contributed by atoms with van der Waals surface area (Å²) >= 11 is 24.7. The summed E-state index contributed by atoms with van der Waals surface area (Å²) in [7, 11) is 0. The number of halogens is 4. The minimum absolute atomic E-state index is 0.0290. The molecule has 0 radical (unpaired) electrons. The number of benzene rings is 3. The van der Waals surface area contributed by atoms with Gasteiger partial charge < -0.3 is 15.2 Å². The van der Waals surface area contributed by atoms with Crippen LogP contribution in [0.4, 0.5) is 0 Å². The highest BCUT2D eigenvalue weighted by Gasteiger charge is 2.17. The molecule has 0 atom stereocenters. The summed E-state index contributed by atoms with van der Waals surface area (Å²) in [6.07, 6.45) is 1.38. The highest BCUT2D eigenvalue weighted by Crippen LogP contribution is 2.39. The molecule has 0 bridgehead atoms. The lowest BCUT2D eigenvalue weighted by atomic mass is 10.1. The Balaban J connectivity index is 1.50. The van der Waals surface area contributed by atoms with Crippen LogP contribution < -0.4 is 21.3 Å². The molecule has 0 saturated heterocycles. The first-order valence-electron chi connectivity index (χ1n) is 10.5. The second-order valence-corrected chi connectivity index (χ2v) is 9.27. The fourth-order valence-corrected chi connectivity index (χ4v) is 4.37. The van der Waals surface area contributed by atoms with Crippen LogP contribution in [0.2, 0.25) is 20.1 Å². The number of aromatic nitrogens is 3. The Labute approximate surface area is 229 Å². The number of ether oxygens (including phenoxy) is 1. The van der Waals surface area contributed by atoms with Crippen molar-refractivity contribution >= 4 is 52.3 Å². The van der Waals surface area contributed by atoms with Crippen LogP contribution in [0, 0.1) is 0 Å². The van der Waals surface area contributed by atoms with Gasteiger partial charge in [0.15, 0.2) is 5.75 Å². The van der Waals surface area contributed by atoms with Crippen LogP contribution in [-0.2, 0) is 6.42 Å². The number of carbonyl (C=O) groups is 1. The van der Waals surface area contributed by atoms with E-state index in [0.29, 0.717) is 16.5 Å². The number of hydrogen-bond acceptors (Lipinski definition) is 6. The van der Waals surface area contributed by atoms with E-state index in [4.69, 9.17) is 51.1 Å². The molecule has 0 aliphatic heterocycles. The molecule has 0 fully saturated rings. The van der Waals surface area contributed by atoms with Gasteiger partial charge in [0.05, 0.1) is 21.3 Å². The quantitative estimate of drug-likeness (QED) is 0.282. The Morgan fingerprint density at radius 1 is 1.00 bits per heavy atom. The van der Waals surface area contributed by atoms with Gasteiger partial charge in [-0.2, -0.15) is 9.78 Å². The molecular formula is C24H16Cl4N4O5. The van der Waals surface area contributed by atoms with Crippen LogP contribution >= 0.6 is 46.4 Å². The highest BCUT2D eigenvalue weighted by atomic mass is 35.5. The standard InChI is InChI=1S/C24H16Cl4N4O5/c25-13-2-1-12(17(26)7-13)5-6-29-23(35)16-10-15(3-4-20(16)33)37-22-18(27)8-14(9-19(22)28)32-24(36)31-21(34)11-30-32/h1-4,7-11,33H,5-6H2,(H,29,35)(H,31,34,36). The zero-order valence-corrected chi connectivity index (χ0v) is 21.6. The van der Waals surface area contributed by atoms with E-state index in [2.05, 4.69) is 15.4 Å². The summed E-state index contributed by atoms with van der Waals surface area (Å²) in [5, 5.41) is 17.7. The second kappa shape index (κ2) is 11.3. The van der Waals surface area contributed by atoms with E-state index in [1.54, 1.807) is 18.2 Å². The number of phenolic OH excluding ortho intramolecular Hbond substituents is 1. The third kappa shape index (κ3) is 6.26. The molecule has 4 rings (SSSR count). The summed E-state index contributed by atoms with van der Waals surface area (Å²) in [5.41, 5.74) is -0.470. The summed E-state index contributed by atoms with van der Waals surface area (Å²) in [6, 6.07) is 11.9. The average Bonchev–Trinajstić information content (AvgIpc) is 2.83. The number of amides is 1. The normalized spacial score (nSPS) is 10.8. The molecule has 0 unspecified atom stereocenters. The minimum atomic E-state index is -0.777. The Hall–Kier alpha value is -3.50. The lowest BCUT2D eigenvalue weighted by molar-refractivity contribution is 0.0951. The maximum absolute atomic E-state index is 12.7. The summed E-state index contributed by atoms with van der Waals surface area (Å²) in [5.74, 6) is -0.590. The molecule has 0 saturated carbocycles. The van der Waals surface area contributed by atoms with Crippen molar-refractivity contribution in [3.8, 4) is 22.9 Å². The van der Waals surface area contributed by atoms with Crippen molar-refractivity contribution in [2.45, 2.75) is 6.42 Å². The Morgan fingerprint density at radius 3 is 2.41 bits per heavy atom. The van der Waals surface area contributed by atoms with Crippen molar-refractivity contribution in [2.24, 2.45) is 0 Å². The van der Waals surface area contributed by atoms with Crippen LogP contribution in [0.5, 0.6) is 17.2 Å². The smallest absolute Gasteiger partial charge is 0.349 e. The Kier molecular flexibility index (Phi) is 8.09. The van der Waals surface area contributed by atoms with Gasteiger partial charge in [0.25, 0.3) is 11.5 Å². The average molecular weight is 582 g/mol. The zero-order chi connectivity index (χ0) is 26.7. The van der Waals surface area contributed by atoms with E-state index in [-0.39, 0.29) is 45.1 Å². The van der Waals surface area contributed by atoms with Crippen molar-refractivity contribution in [1.82, 2.24) is 20.1 Å². The van der Waals surface area contributed by atoms with Crippen LogP contribution in [0.15, 0.2) is 64.3 Å². The second-order valence-electron chi connectivity index (χ2n) is 7.61. The molecule has 37 heavy (non-hydrogen) atoms. The third-order valence-electron chi connectivity index (χ3n) is 5.07. The predicted octanol–water partition coefficient (Wildman–Crippen LogP) is 5.00. The van der Waals surface area contributed by atoms with Crippen molar-refractivity contribution in [2.75, 3.05) is 6.54 Å². The lowest BCUT2D eigenvalue weighted by Crippen LogP contribution is -2.30. The summed E-state index contributed by atoms with van der Waals surface area (Å²) < 4.78 is 6.68. The SMILES string of the molecule is O=C(NCCc1ccc(Cl)cc1Cl)c1cc(Oc2c(Cl)cc(-n3ncc(=O)[nH]c3=O)cc2Cl)ccc1O. The van der Waals surface area contributed by atoms with Gasteiger partial charge in [-0.05, 0) is 54.4 Å². The molecule has 3 aromatic carbocycles. The topological polar surface area (TPSA) is 126 Å². The fourth-order valence-electron chi connectivity index (χ4n) is 3.31. The lowest BCUT2D eigenvalue weighted by Gasteiger charge is -2.13. The van der Waals surface area contributed by atoms with Crippen molar-refractivity contribution in [3.05, 3.63) is 107 Å². The summed E-state index contributed by atoms with van der Waals surface area (Å²) in [4.78, 5) is 38.0. The van der Waals surface area contributed by atoms with Gasteiger partial charge in [0.1, 0.15) is 17.7 Å². The number of nitrogens with one attached hydrogen (secondary N) is 2. The first-order valence-corrected chi connectivity index (χ1v) is 12.0. The summed E-state index contributed by atoms with van der Waals surface area (Å²) in [6.45, 7) is 0.252. The number of hydrogen-bond donors (Lipinski definition) is 3. The minimum Gasteiger partial charge on any atom is -0.507 e. The molecule has 13 heteroatoms. The number of H-pyrrole nitrogens is 1. The first-order chi connectivity index (χ1) is 17.6. The van der Waals surface area contributed by atoms with Gasteiger partial charge in [0.2, 0.25) is 0 Å². The molecule has 3 N–H and O–H groups in total. The fraction of sp³-hybridized carbons (Fsp3) is 0.0833. The van der Waals surface area contributed by atoms with Crippen molar-refractivity contribution < 1.29 is 14.6 Å². The molecule has 4 aromatic rings. The van der Waals surface area contributed by atoms with E-state index in [0.717, 1.165) is 16.4 Å². The van der Waals surface area contributed by atoms with Crippen LogP contribution in [0.3, 0.4) is 0 Å². The number of carbonyl (C=O) groups excluding carboxylic acids is 1. The molecule has 0 aliphatic rings. The molecule has 1 heterocycles. The Bertz CT molecular complexity index is 1600. The molecule has 0 spiro atoms. The molecule has 0 aliphatic carbocycles. The largest absolute Gasteiger partial charge is 0.507 e. The van der Waals surface area contributed by atoms with E-state index >= 15 is 0 Å². The monoisotopic (exact) mass is 580 g/mol. The molecule has 190 valence electrons. The molecule has 1 aromatic heterocycles. The predicted molar refractivity (Wildman–Crippen MR) is 141 cm³/mol. The van der Waals surface area contributed by atoms with Crippen LogP contribution in [0.1, 0.15) is 15.9 Å². The number of aromatic amines is 1. The Morgan fingerprint density at radius 2 is 1.73 bits per heavy atom. The number of phenols is 1. The van der Waals surface area contributed by atoms with Gasteiger partial charge in [0, 0.05) is 16.6 Å². The van der Waals surface area contributed by atoms with E-state index in [1.165, 1.54) is 30.3 Å². The van der Waals surface area contributed by atoms with Gasteiger partial charge in [-0.15, -0.1) is 0 Å². The molecular weight excluding hydrogens is 566 g/mol. The van der Waals surface area contributed by atoms with Gasteiger partial charge >= 0.3 is 5.69 Å². The third-order valence-corrected chi connectivity index (χ3v) is 6.22. The van der Waals surface area contributed by atoms with Crippen molar-refractivity contribution in [1.29, 1.82) is 0 Å². The van der Waals surface area contributed by atoms with E-state index in [9.17, 15) is 19.5 Å². The first kappa shape index (κ1) is 26.6. The van der Waals surface area contributed by atoms with Gasteiger partial charge in [-0.25, -0.2) is 4.79 Å².